The number of aliphatic hydroxyl groups is 1. The van der Waals surface area contributed by atoms with Gasteiger partial charge in [0, 0.05) is 50.0 Å². The number of carbonyl (C=O) groups is 1. The van der Waals surface area contributed by atoms with Gasteiger partial charge in [0.25, 0.3) is 5.56 Å². The van der Waals surface area contributed by atoms with Gasteiger partial charge < -0.3 is 23.7 Å². The highest BCUT2D eigenvalue weighted by Crippen LogP contribution is 2.28. The molecular formula is C29H40N4O5. The van der Waals surface area contributed by atoms with Gasteiger partial charge in [0.1, 0.15) is 11.9 Å². The van der Waals surface area contributed by atoms with Crippen LogP contribution < -0.4 is 10.9 Å². The third kappa shape index (κ3) is 6.51. The molecule has 1 saturated heterocycles. The van der Waals surface area contributed by atoms with Crippen molar-refractivity contribution in [3.63, 3.8) is 0 Å². The Kier molecular flexibility index (Phi) is 9.02. The van der Waals surface area contributed by atoms with Crippen molar-refractivity contribution in [2.75, 3.05) is 19.8 Å². The second-order valence-corrected chi connectivity index (χ2v) is 10.9. The third-order valence-corrected chi connectivity index (χ3v) is 6.95. The molecule has 1 fully saturated rings. The lowest BCUT2D eigenvalue weighted by atomic mass is 10.0. The lowest BCUT2D eigenvalue weighted by Crippen LogP contribution is -2.45. The summed E-state index contributed by atoms with van der Waals surface area (Å²) in [6.07, 6.45) is 3.09. The maximum atomic E-state index is 12.5. The van der Waals surface area contributed by atoms with Gasteiger partial charge in [-0.3, -0.25) is 14.9 Å². The second kappa shape index (κ2) is 12.2. The van der Waals surface area contributed by atoms with Crippen LogP contribution in [-0.4, -0.2) is 57.2 Å². The van der Waals surface area contributed by atoms with Crippen LogP contribution in [0.25, 0.3) is 22.4 Å². The van der Waals surface area contributed by atoms with E-state index >= 15 is 0 Å². The minimum Gasteiger partial charge on any atom is -0.464 e. The second-order valence-electron chi connectivity index (χ2n) is 10.9. The molecule has 1 unspecified atom stereocenters. The molecule has 9 heteroatoms. The molecule has 0 saturated carbocycles. The number of carbonyl (C=O) groups excluding carboxylic acids is 1. The number of aryl methyl sites for hydroxylation is 2. The van der Waals surface area contributed by atoms with Gasteiger partial charge >= 0.3 is 5.97 Å². The number of hydrogen-bond acceptors (Lipinski definition) is 7. The molecule has 0 radical (unpaired) electrons. The molecule has 1 aromatic carbocycles. The first-order valence-electron chi connectivity index (χ1n) is 13.5. The molecule has 3 atom stereocenters. The van der Waals surface area contributed by atoms with E-state index < -0.39 is 18.1 Å². The Balaban J connectivity index is 1.64. The van der Waals surface area contributed by atoms with E-state index in [1.807, 2.05) is 45.2 Å². The van der Waals surface area contributed by atoms with Crippen LogP contribution in [0, 0.1) is 18.8 Å². The summed E-state index contributed by atoms with van der Waals surface area (Å²) in [5.74, 6) is 0.962. The highest BCUT2D eigenvalue weighted by Gasteiger charge is 2.25. The van der Waals surface area contributed by atoms with E-state index in [0.717, 1.165) is 60.6 Å². The number of benzene rings is 1. The summed E-state index contributed by atoms with van der Waals surface area (Å²) in [7, 11) is 1.76. The molecular weight excluding hydrogens is 484 g/mol. The number of ether oxygens (including phenoxy) is 2. The Bertz CT molecular complexity index is 1290. The van der Waals surface area contributed by atoms with Crippen LogP contribution >= 0.6 is 0 Å². The van der Waals surface area contributed by atoms with Gasteiger partial charge in [-0.05, 0) is 56.4 Å². The summed E-state index contributed by atoms with van der Waals surface area (Å²) in [5, 5.41) is 13.3. The van der Waals surface area contributed by atoms with Crippen molar-refractivity contribution < 1.29 is 19.4 Å². The molecule has 0 aliphatic carbocycles. The van der Waals surface area contributed by atoms with Crippen molar-refractivity contribution >= 4 is 17.0 Å². The van der Waals surface area contributed by atoms with E-state index in [4.69, 9.17) is 14.5 Å². The number of nitrogens with zero attached hydrogens (tertiary/aromatic N) is 3. The topological polar surface area (TPSA) is 108 Å². The first-order valence-corrected chi connectivity index (χ1v) is 13.5. The van der Waals surface area contributed by atoms with Crippen molar-refractivity contribution in [1.29, 1.82) is 0 Å². The number of esters is 1. The largest absolute Gasteiger partial charge is 0.464 e. The molecule has 3 aromatic rings. The molecule has 4 rings (SSSR count). The van der Waals surface area contributed by atoms with E-state index in [-0.39, 0.29) is 11.5 Å². The molecule has 206 valence electrons. The molecule has 0 spiro atoms. The van der Waals surface area contributed by atoms with E-state index in [9.17, 15) is 14.7 Å². The fourth-order valence-corrected chi connectivity index (χ4v) is 4.92. The quantitative estimate of drug-likeness (QED) is 0.392. The van der Waals surface area contributed by atoms with Gasteiger partial charge in [0.2, 0.25) is 0 Å². The summed E-state index contributed by atoms with van der Waals surface area (Å²) in [6.45, 7) is 10.3. The molecule has 0 amide bonds. The van der Waals surface area contributed by atoms with Gasteiger partial charge in [0.05, 0.1) is 30.4 Å². The van der Waals surface area contributed by atoms with Gasteiger partial charge in [-0.1, -0.05) is 19.9 Å². The van der Waals surface area contributed by atoms with Crippen LogP contribution in [0.2, 0.25) is 0 Å². The van der Waals surface area contributed by atoms with Gasteiger partial charge in [-0.25, -0.2) is 4.98 Å². The number of nitrogens with one attached hydrogen (secondary N) is 1. The third-order valence-electron chi connectivity index (χ3n) is 6.95. The fourth-order valence-electron chi connectivity index (χ4n) is 4.92. The number of aliphatic hydroxyl groups excluding tert-OH is 1. The lowest BCUT2D eigenvalue weighted by Gasteiger charge is -2.23. The van der Waals surface area contributed by atoms with E-state index in [1.54, 1.807) is 18.5 Å². The SMILES string of the molecule is Cc1cc(-c2nc3cc(CN[C@H](C(=O)OCC(C)C)[C@@H](C)O)ccc3n2CC2CCCOC2)cn(C)c1=O. The van der Waals surface area contributed by atoms with Crippen LogP contribution in [0.3, 0.4) is 0 Å². The Labute approximate surface area is 223 Å². The highest BCUT2D eigenvalue weighted by atomic mass is 16.5. The summed E-state index contributed by atoms with van der Waals surface area (Å²) in [5.41, 5.74) is 4.31. The molecule has 2 N–H and O–H groups in total. The summed E-state index contributed by atoms with van der Waals surface area (Å²) >= 11 is 0. The van der Waals surface area contributed by atoms with Crippen molar-refractivity contribution in [3.8, 4) is 11.4 Å². The zero-order valence-corrected chi connectivity index (χ0v) is 23.1. The maximum absolute atomic E-state index is 12.5. The van der Waals surface area contributed by atoms with Gasteiger partial charge in [-0.2, -0.15) is 0 Å². The van der Waals surface area contributed by atoms with Gasteiger partial charge in [0.15, 0.2) is 0 Å². The Morgan fingerprint density at radius 2 is 2.08 bits per heavy atom. The van der Waals surface area contributed by atoms with Crippen molar-refractivity contribution in [2.45, 2.75) is 65.8 Å². The number of imidazole rings is 1. The number of hydrogen-bond donors (Lipinski definition) is 2. The predicted octanol–water partition coefficient (Wildman–Crippen LogP) is 3.18. The zero-order valence-electron chi connectivity index (χ0n) is 23.1. The summed E-state index contributed by atoms with van der Waals surface area (Å²) < 4.78 is 14.9. The minimum atomic E-state index is -0.894. The number of fused-ring (bicyclic) bond motifs is 1. The monoisotopic (exact) mass is 524 g/mol. The predicted molar refractivity (Wildman–Crippen MR) is 147 cm³/mol. The number of pyridine rings is 1. The normalized spacial score (nSPS) is 17.6. The lowest BCUT2D eigenvalue weighted by molar-refractivity contribution is -0.150. The Morgan fingerprint density at radius 1 is 1.29 bits per heavy atom. The number of rotatable bonds is 10. The van der Waals surface area contributed by atoms with Crippen LogP contribution in [0.15, 0.2) is 35.3 Å². The van der Waals surface area contributed by atoms with E-state index in [2.05, 4.69) is 16.0 Å². The molecule has 1 aliphatic heterocycles. The molecule has 0 bridgehead atoms. The molecule has 9 nitrogen and oxygen atoms in total. The summed E-state index contributed by atoms with van der Waals surface area (Å²) in [6, 6.07) is 7.15. The van der Waals surface area contributed by atoms with Crippen molar-refractivity contribution in [3.05, 3.63) is 51.9 Å². The van der Waals surface area contributed by atoms with Gasteiger partial charge in [-0.15, -0.1) is 0 Å². The van der Waals surface area contributed by atoms with Crippen molar-refractivity contribution in [2.24, 2.45) is 18.9 Å². The van der Waals surface area contributed by atoms with Crippen LogP contribution in [0.1, 0.15) is 44.7 Å². The van der Waals surface area contributed by atoms with Crippen LogP contribution in [0.5, 0.6) is 0 Å². The fraction of sp³-hybridized carbons (Fsp3) is 0.552. The Morgan fingerprint density at radius 3 is 2.74 bits per heavy atom. The highest BCUT2D eigenvalue weighted by molar-refractivity contribution is 5.81. The average molecular weight is 525 g/mol. The molecule has 1 aliphatic rings. The van der Waals surface area contributed by atoms with E-state index in [0.29, 0.717) is 24.6 Å². The Hall–Kier alpha value is -3.01. The zero-order chi connectivity index (χ0) is 27.4. The average Bonchev–Trinajstić information content (AvgIpc) is 3.23. The first-order chi connectivity index (χ1) is 18.1. The smallest absolute Gasteiger partial charge is 0.325 e. The van der Waals surface area contributed by atoms with Crippen LogP contribution in [-0.2, 0) is 34.4 Å². The number of aromatic nitrogens is 3. The first kappa shape index (κ1) is 28.0. The molecule has 38 heavy (non-hydrogen) atoms. The van der Waals surface area contributed by atoms with E-state index in [1.165, 1.54) is 0 Å². The van der Waals surface area contributed by atoms with Crippen LogP contribution in [0.4, 0.5) is 0 Å². The minimum absolute atomic E-state index is 0.0231. The van der Waals surface area contributed by atoms with Crippen molar-refractivity contribution in [1.82, 2.24) is 19.4 Å². The maximum Gasteiger partial charge on any atom is 0.325 e. The standard InChI is InChI=1S/C29H40N4O5/c1-18(2)16-38-29(36)26(20(4)34)30-13-21-8-9-25-24(12-21)31-27(23-11-19(3)28(35)32(5)15-23)33(25)14-22-7-6-10-37-17-22/h8-9,11-12,15,18,20,22,26,30,34H,6-7,10,13-14,16-17H2,1-5H3/t20-,22?,26+/m1/s1. The molecule has 3 heterocycles. The summed E-state index contributed by atoms with van der Waals surface area (Å²) in [4.78, 5) is 29.8. The molecule has 2 aromatic heterocycles.